The molecule has 2 heterocycles. The third-order valence-corrected chi connectivity index (χ3v) is 7.07. The van der Waals surface area contributed by atoms with Gasteiger partial charge in [0.15, 0.2) is 11.6 Å². The molecule has 7 nitrogen and oxygen atoms in total. The summed E-state index contributed by atoms with van der Waals surface area (Å²) in [6, 6.07) is 16.5. The van der Waals surface area contributed by atoms with Gasteiger partial charge in [-0.25, -0.2) is 12.8 Å². The third kappa shape index (κ3) is 4.79. The average Bonchev–Trinajstić information content (AvgIpc) is 3.16. The van der Waals surface area contributed by atoms with Crippen LogP contribution < -0.4 is 4.74 Å². The lowest BCUT2D eigenvalue weighted by molar-refractivity contribution is -0.00520. The number of benzene rings is 2. The molecule has 4 rings (SSSR count). The van der Waals surface area contributed by atoms with Gasteiger partial charge in [0.05, 0.1) is 23.8 Å². The Balaban J connectivity index is 1.42. The van der Waals surface area contributed by atoms with Crippen LogP contribution in [0.2, 0.25) is 0 Å². The first-order valence-corrected chi connectivity index (χ1v) is 11.5. The molecule has 1 atom stereocenters. The van der Waals surface area contributed by atoms with Crippen LogP contribution in [0.3, 0.4) is 0 Å². The SMILES string of the molecule is Cn1nc([C@H]2CN(S(=O)(=O)c3ccccc3)CCO2)cc1CCOc1ccccc1F. The summed E-state index contributed by atoms with van der Waals surface area (Å²) in [6.07, 6.45) is 0.0658. The Labute approximate surface area is 181 Å². The van der Waals surface area contributed by atoms with Crippen molar-refractivity contribution in [2.24, 2.45) is 7.05 Å². The zero-order valence-corrected chi connectivity index (χ0v) is 18.0. The number of halogens is 1. The maximum atomic E-state index is 13.7. The molecule has 9 heteroatoms. The predicted molar refractivity (Wildman–Crippen MR) is 113 cm³/mol. The topological polar surface area (TPSA) is 73.7 Å². The predicted octanol–water partition coefficient (Wildman–Crippen LogP) is 2.94. The molecule has 31 heavy (non-hydrogen) atoms. The van der Waals surface area contributed by atoms with Crippen molar-refractivity contribution < 1.29 is 22.3 Å². The van der Waals surface area contributed by atoms with Gasteiger partial charge in [-0.2, -0.15) is 9.40 Å². The lowest BCUT2D eigenvalue weighted by Crippen LogP contribution is -2.42. The first kappa shape index (κ1) is 21.5. The van der Waals surface area contributed by atoms with Gasteiger partial charge in [0.25, 0.3) is 0 Å². The lowest BCUT2D eigenvalue weighted by atomic mass is 10.2. The van der Waals surface area contributed by atoms with Crippen LogP contribution in [0.25, 0.3) is 0 Å². The van der Waals surface area contributed by atoms with Gasteiger partial charge in [0.1, 0.15) is 6.10 Å². The van der Waals surface area contributed by atoms with E-state index in [2.05, 4.69) is 5.10 Å². The van der Waals surface area contributed by atoms with Gasteiger partial charge in [-0.15, -0.1) is 0 Å². The normalized spacial score (nSPS) is 17.5. The Morgan fingerprint density at radius 2 is 1.90 bits per heavy atom. The van der Waals surface area contributed by atoms with Gasteiger partial charge in [0.2, 0.25) is 10.0 Å². The maximum absolute atomic E-state index is 13.7. The van der Waals surface area contributed by atoms with Crippen molar-refractivity contribution in [2.45, 2.75) is 17.4 Å². The summed E-state index contributed by atoms with van der Waals surface area (Å²) in [7, 11) is -1.78. The fraction of sp³-hybridized carbons (Fsp3) is 0.318. The molecule has 0 spiro atoms. The summed E-state index contributed by atoms with van der Waals surface area (Å²) in [5.74, 6) is -0.189. The summed E-state index contributed by atoms with van der Waals surface area (Å²) in [5.41, 5.74) is 1.55. The Kier molecular flexibility index (Phi) is 6.35. The van der Waals surface area contributed by atoms with E-state index < -0.39 is 21.9 Å². The number of para-hydroxylation sites is 1. The van der Waals surface area contributed by atoms with Gasteiger partial charge >= 0.3 is 0 Å². The largest absolute Gasteiger partial charge is 0.490 e. The molecule has 0 bridgehead atoms. The molecule has 0 amide bonds. The monoisotopic (exact) mass is 445 g/mol. The Morgan fingerprint density at radius 1 is 1.16 bits per heavy atom. The Morgan fingerprint density at radius 3 is 2.68 bits per heavy atom. The Hall–Kier alpha value is -2.75. The molecule has 164 valence electrons. The molecule has 0 radical (unpaired) electrons. The minimum absolute atomic E-state index is 0.194. The van der Waals surface area contributed by atoms with Crippen molar-refractivity contribution in [1.82, 2.24) is 14.1 Å². The zero-order valence-electron chi connectivity index (χ0n) is 17.1. The number of ether oxygens (including phenoxy) is 2. The van der Waals surface area contributed by atoms with Crippen LogP contribution in [0.4, 0.5) is 4.39 Å². The van der Waals surface area contributed by atoms with Crippen LogP contribution in [0, 0.1) is 5.82 Å². The van der Waals surface area contributed by atoms with Gasteiger partial charge in [-0.05, 0) is 30.3 Å². The summed E-state index contributed by atoms with van der Waals surface area (Å²) >= 11 is 0. The zero-order chi connectivity index (χ0) is 21.8. The fourth-order valence-electron chi connectivity index (χ4n) is 3.51. The minimum Gasteiger partial charge on any atom is -0.490 e. The van der Waals surface area contributed by atoms with Crippen molar-refractivity contribution in [2.75, 3.05) is 26.3 Å². The van der Waals surface area contributed by atoms with Crippen molar-refractivity contribution in [3.63, 3.8) is 0 Å². The van der Waals surface area contributed by atoms with Crippen LogP contribution in [0.1, 0.15) is 17.5 Å². The summed E-state index contributed by atoms with van der Waals surface area (Å²) in [6.45, 7) is 1.07. The average molecular weight is 446 g/mol. The van der Waals surface area contributed by atoms with Crippen LogP contribution in [0.5, 0.6) is 5.75 Å². The lowest BCUT2D eigenvalue weighted by Gasteiger charge is -2.31. The maximum Gasteiger partial charge on any atom is 0.243 e. The number of rotatable bonds is 7. The second-order valence-corrected chi connectivity index (χ2v) is 9.19. The molecule has 0 unspecified atom stereocenters. The second-order valence-electron chi connectivity index (χ2n) is 7.25. The summed E-state index contributed by atoms with van der Waals surface area (Å²) in [5, 5.41) is 4.51. The van der Waals surface area contributed by atoms with E-state index in [1.165, 1.54) is 10.4 Å². The first-order valence-electron chi connectivity index (χ1n) is 10.0. The van der Waals surface area contributed by atoms with E-state index in [1.807, 2.05) is 13.1 Å². The molecule has 1 fully saturated rings. The van der Waals surface area contributed by atoms with Gasteiger partial charge in [0, 0.05) is 32.3 Å². The number of sulfonamides is 1. The molecule has 1 aliphatic rings. The van der Waals surface area contributed by atoms with Crippen molar-refractivity contribution in [3.05, 3.63) is 77.9 Å². The van der Waals surface area contributed by atoms with Gasteiger partial charge in [-0.1, -0.05) is 30.3 Å². The highest BCUT2D eigenvalue weighted by Crippen LogP contribution is 2.26. The van der Waals surface area contributed by atoms with E-state index in [0.29, 0.717) is 31.9 Å². The first-order chi connectivity index (χ1) is 14.9. The summed E-state index contributed by atoms with van der Waals surface area (Å²) < 4.78 is 54.1. The molecule has 0 aliphatic carbocycles. The fourth-order valence-corrected chi connectivity index (χ4v) is 4.96. The van der Waals surface area contributed by atoms with Crippen LogP contribution in [0.15, 0.2) is 65.6 Å². The molecule has 3 aromatic rings. The number of hydrogen-bond acceptors (Lipinski definition) is 5. The molecular weight excluding hydrogens is 421 g/mol. The standard InChI is InChI=1S/C22H24FN3O4S/c1-25-17(11-13-29-21-10-6-5-9-19(21)23)15-20(24-25)22-16-26(12-14-30-22)31(27,28)18-7-3-2-4-8-18/h2-10,15,22H,11-14,16H2,1H3/t22-/m1/s1. The molecule has 0 N–H and O–H groups in total. The van der Waals surface area contributed by atoms with E-state index in [1.54, 1.807) is 53.2 Å². The number of hydrogen-bond donors (Lipinski definition) is 0. The molecule has 1 saturated heterocycles. The van der Waals surface area contributed by atoms with Crippen LogP contribution in [-0.4, -0.2) is 48.8 Å². The quantitative estimate of drug-likeness (QED) is 0.559. The number of aromatic nitrogens is 2. The smallest absolute Gasteiger partial charge is 0.243 e. The van der Waals surface area contributed by atoms with Crippen molar-refractivity contribution >= 4 is 10.0 Å². The van der Waals surface area contributed by atoms with Gasteiger partial charge < -0.3 is 9.47 Å². The van der Waals surface area contributed by atoms with Crippen LogP contribution >= 0.6 is 0 Å². The third-order valence-electron chi connectivity index (χ3n) is 5.19. The van der Waals surface area contributed by atoms with E-state index in [9.17, 15) is 12.8 Å². The Bertz CT molecular complexity index is 1130. The van der Waals surface area contributed by atoms with E-state index >= 15 is 0 Å². The highest BCUT2D eigenvalue weighted by Gasteiger charge is 2.32. The second kappa shape index (κ2) is 9.17. The van der Waals surface area contributed by atoms with Crippen molar-refractivity contribution in [1.29, 1.82) is 0 Å². The molecule has 2 aromatic carbocycles. The molecular formula is C22H24FN3O4S. The summed E-state index contributed by atoms with van der Waals surface area (Å²) in [4.78, 5) is 0.266. The molecule has 0 saturated carbocycles. The van der Waals surface area contributed by atoms with Crippen LogP contribution in [-0.2, 0) is 28.2 Å². The minimum atomic E-state index is -3.59. The molecule has 1 aliphatic heterocycles. The van der Waals surface area contributed by atoms with Crippen molar-refractivity contribution in [3.8, 4) is 5.75 Å². The molecule has 1 aromatic heterocycles. The van der Waals surface area contributed by atoms with E-state index in [0.717, 1.165) is 5.69 Å². The highest BCUT2D eigenvalue weighted by atomic mass is 32.2. The highest BCUT2D eigenvalue weighted by molar-refractivity contribution is 7.89. The number of morpholine rings is 1. The number of aryl methyl sites for hydroxylation is 1. The van der Waals surface area contributed by atoms with E-state index in [-0.39, 0.29) is 17.2 Å². The van der Waals surface area contributed by atoms with Gasteiger partial charge in [-0.3, -0.25) is 4.68 Å². The van der Waals surface area contributed by atoms with E-state index in [4.69, 9.17) is 9.47 Å². The number of nitrogens with zero attached hydrogens (tertiary/aromatic N) is 3.